The number of carbonyl (C=O) groups is 1. The Morgan fingerprint density at radius 3 is 3.05 bits per heavy atom. The van der Waals surface area contributed by atoms with Crippen LogP contribution in [0.2, 0.25) is 0 Å². The van der Waals surface area contributed by atoms with Gasteiger partial charge in [-0.3, -0.25) is 4.79 Å². The number of pyridine rings is 1. The molecule has 0 aliphatic carbocycles. The van der Waals surface area contributed by atoms with E-state index in [1.165, 1.54) is 17.0 Å². The van der Waals surface area contributed by atoms with E-state index < -0.39 is 5.76 Å². The third kappa shape index (κ3) is 2.33. The molecule has 0 saturated carbocycles. The Morgan fingerprint density at radius 2 is 2.25 bits per heavy atom. The highest BCUT2D eigenvalue weighted by atomic mass is 16.4. The average Bonchev–Trinajstić information content (AvgIpc) is 3.06. The molecule has 3 rings (SSSR count). The number of hydrogen-bond donors (Lipinski definition) is 1. The lowest BCUT2D eigenvalue weighted by molar-refractivity contribution is -0.121. The summed E-state index contributed by atoms with van der Waals surface area (Å²) in [4.78, 5) is 27.5. The summed E-state index contributed by atoms with van der Waals surface area (Å²) in [5, 5.41) is 2.65. The van der Waals surface area contributed by atoms with Gasteiger partial charge < -0.3 is 14.2 Å². The zero-order valence-corrected chi connectivity index (χ0v) is 10.4. The monoisotopic (exact) mass is 273 g/mol. The minimum Gasteiger partial charge on any atom is -0.467 e. The largest absolute Gasteiger partial charge is 0.467 e. The van der Waals surface area contributed by atoms with Gasteiger partial charge in [0.2, 0.25) is 5.91 Å². The maximum absolute atomic E-state index is 11.8. The molecule has 0 radical (unpaired) electrons. The van der Waals surface area contributed by atoms with E-state index >= 15 is 0 Å². The summed E-state index contributed by atoms with van der Waals surface area (Å²) < 4.78 is 11.3. The molecule has 0 spiro atoms. The molecule has 0 aromatic carbocycles. The van der Waals surface area contributed by atoms with Crippen molar-refractivity contribution >= 4 is 17.1 Å². The molecule has 0 atom stereocenters. The molecule has 0 aliphatic rings. The highest BCUT2D eigenvalue weighted by molar-refractivity contribution is 5.77. The van der Waals surface area contributed by atoms with Crippen LogP contribution >= 0.6 is 0 Å². The molecule has 3 aromatic rings. The van der Waals surface area contributed by atoms with Crippen LogP contribution in [0.3, 0.4) is 0 Å². The maximum atomic E-state index is 11.8. The molecular weight excluding hydrogens is 262 g/mol. The van der Waals surface area contributed by atoms with Gasteiger partial charge in [0, 0.05) is 6.20 Å². The van der Waals surface area contributed by atoms with E-state index in [1.807, 2.05) is 0 Å². The minimum absolute atomic E-state index is 0.149. The van der Waals surface area contributed by atoms with Gasteiger partial charge in [0.1, 0.15) is 12.3 Å². The smallest absolute Gasteiger partial charge is 0.421 e. The number of rotatable bonds is 4. The molecule has 7 heteroatoms. The van der Waals surface area contributed by atoms with Gasteiger partial charge in [-0.25, -0.2) is 14.3 Å². The summed E-state index contributed by atoms with van der Waals surface area (Å²) in [7, 11) is 0. The third-order valence-corrected chi connectivity index (χ3v) is 2.77. The molecule has 0 unspecified atom stereocenters. The topological polar surface area (TPSA) is 90.3 Å². The van der Waals surface area contributed by atoms with Crippen LogP contribution in [0.1, 0.15) is 5.76 Å². The fourth-order valence-corrected chi connectivity index (χ4v) is 1.84. The second-order valence-corrected chi connectivity index (χ2v) is 4.14. The first-order valence-corrected chi connectivity index (χ1v) is 5.97. The lowest BCUT2D eigenvalue weighted by atomic mass is 10.4. The van der Waals surface area contributed by atoms with E-state index in [0.29, 0.717) is 17.0 Å². The molecule has 0 saturated heterocycles. The summed E-state index contributed by atoms with van der Waals surface area (Å²) in [5.41, 5.74) is 0.710. The van der Waals surface area contributed by atoms with E-state index in [1.54, 1.807) is 24.3 Å². The second-order valence-electron chi connectivity index (χ2n) is 4.14. The van der Waals surface area contributed by atoms with Crippen LogP contribution in [-0.4, -0.2) is 15.5 Å². The van der Waals surface area contributed by atoms with Gasteiger partial charge in [-0.2, -0.15) is 0 Å². The summed E-state index contributed by atoms with van der Waals surface area (Å²) in [6, 6.07) is 6.77. The summed E-state index contributed by atoms with van der Waals surface area (Å²) in [6.07, 6.45) is 3.06. The predicted octanol–water partition coefficient (Wildman–Crippen LogP) is 0.899. The van der Waals surface area contributed by atoms with Crippen molar-refractivity contribution < 1.29 is 13.6 Å². The number of carbonyl (C=O) groups excluding carboxylic acids is 1. The van der Waals surface area contributed by atoms with Crippen molar-refractivity contribution in [3.8, 4) is 0 Å². The van der Waals surface area contributed by atoms with Crippen LogP contribution in [0.5, 0.6) is 0 Å². The van der Waals surface area contributed by atoms with Crippen LogP contribution in [0.4, 0.5) is 0 Å². The van der Waals surface area contributed by atoms with Crippen LogP contribution in [0.15, 0.2) is 50.4 Å². The fraction of sp³-hybridized carbons (Fsp3) is 0.154. The molecule has 0 bridgehead atoms. The van der Waals surface area contributed by atoms with Crippen molar-refractivity contribution in [3.63, 3.8) is 0 Å². The predicted molar refractivity (Wildman–Crippen MR) is 68.8 cm³/mol. The number of nitrogens with zero attached hydrogens (tertiary/aromatic N) is 2. The van der Waals surface area contributed by atoms with Crippen molar-refractivity contribution in [2.75, 3.05) is 0 Å². The Kier molecular flexibility index (Phi) is 3.08. The molecule has 3 aromatic heterocycles. The number of amides is 1. The zero-order valence-electron chi connectivity index (χ0n) is 10.4. The second kappa shape index (κ2) is 5.04. The maximum Gasteiger partial charge on any atom is 0.421 e. The van der Waals surface area contributed by atoms with E-state index in [-0.39, 0.29) is 19.0 Å². The Hall–Kier alpha value is -2.83. The molecule has 0 fully saturated rings. The standard InChI is InChI=1S/C13H11N3O4/c17-11(15-7-9-3-2-6-19-9)8-16-12-10(20-13(16)18)4-1-5-14-12/h1-6H,7-8H2,(H,15,17). The Labute approximate surface area is 112 Å². The van der Waals surface area contributed by atoms with E-state index in [2.05, 4.69) is 10.3 Å². The molecular formula is C13H11N3O4. The number of oxazole rings is 1. The van der Waals surface area contributed by atoms with Crippen LogP contribution < -0.4 is 11.1 Å². The Bertz CT molecular complexity index is 785. The highest BCUT2D eigenvalue weighted by Gasteiger charge is 2.13. The van der Waals surface area contributed by atoms with Crippen molar-refractivity contribution in [1.82, 2.24) is 14.9 Å². The molecule has 0 aliphatic heterocycles. The quantitative estimate of drug-likeness (QED) is 0.762. The van der Waals surface area contributed by atoms with E-state index in [0.717, 1.165) is 0 Å². The summed E-state index contributed by atoms with van der Waals surface area (Å²) in [6.45, 7) is 0.118. The molecule has 1 amide bonds. The zero-order chi connectivity index (χ0) is 13.9. The van der Waals surface area contributed by atoms with Gasteiger partial charge in [0.15, 0.2) is 11.2 Å². The fourth-order valence-electron chi connectivity index (χ4n) is 1.84. The summed E-state index contributed by atoms with van der Waals surface area (Å²) >= 11 is 0. The SMILES string of the molecule is O=C(Cn1c(=O)oc2cccnc21)NCc1ccco1. The van der Waals surface area contributed by atoms with Gasteiger partial charge in [-0.1, -0.05) is 0 Å². The highest BCUT2D eigenvalue weighted by Crippen LogP contribution is 2.08. The molecule has 20 heavy (non-hydrogen) atoms. The number of aromatic nitrogens is 2. The van der Waals surface area contributed by atoms with Crippen LogP contribution in [-0.2, 0) is 17.9 Å². The van der Waals surface area contributed by atoms with E-state index in [4.69, 9.17) is 8.83 Å². The number of hydrogen-bond acceptors (Lipinski definition) is 5. The third-order valence-electron chi connectivity index (χ3n) is 2.77. The molecule has 102 valence electrons. The first-order chi connectivity index (χ1) is 9.74. The van der Waals surface area contributed by atoms with Gasteiger partial charge in [0.05, 0.1) is 12.8 Å². The van der Waals surface area contributed by atoms with Crippen LogP contribution in [0.25, 0.3) is 11.2 Å². The average molecular weight is 273 g/mol. The number of fused-ring (bicyclic) bond motifs is 1. The van der Waals surface area contributed by atoms with Crippen molar-refractivity contribution in [3.05, 3.63) is 53.0 Å². The van der Waals surface area contributed by atoms with E-state index in [9.17, 15) is 9.59 Å². The van der Waals surface area contributed by atoms with Gasteiger partial charge in [-0.05, 0) is 24.3 Å². The van der Waals surface area contributed by atoms with Crippen molar-refractivity contribution in [2.45, 2.75) is 13.1 Å². The Balaban J connectivity index is 1.74. The molecule has 1 N–H and O–H groups in total. The normalized spacial score (nSPS) is 10.8. The lowest BCUT2D eigenvalue weighted by Crippen LogP contribution is -2.30. The van der Waals surface area contributed by atoms with Gasteiger partial charge >= 0.3 is 5.76 Å². The Morgan fingerprint density at radius 1 is 1.35 bits per heavy atom. The minimum atomic E-state index is -0.605. The van der Waals surface area contributed by atoms with Gasteiger partial charge in [0.25, 0.3) is 0 Å². The number of furan rings is 1. The lowest BCUT2D eigenvalue weighted by Gasteiger charge is -2.03. The molecule has 7 nitrogen and oxygen atoms in total. The van der Waals surface area contributed by atoms with Crippen molar-refractivity contribution in [1.29, 1.82) is 0 Å². The molecule has 3 heterocycles. The number of nitrogens with one attached hydrogen (secondary N) is 1. The first kappa shape index (κ1) is 12.2. The summed E-state index contributed by atoms with van der Waals surface area (Å²) in [5.74, 6) is -0.287. The van der Waals surface area contributed by atoms with Crippen LogP contribution in [0, 0.1) is 0 Å². The van der Waals surface area contributed by atoms with Crippen molar-refractivity contribution in [2.24, 2.45) is 0 Å². The first-order valence-electron chi connectivity index (χ1n) is 5.97. The van der Waals surface area contributed by atoms with Gasteiger partial charge in [-0.15, -0.1) is 0 Å².